The third kappa shape index (κ3) is 2.07. The molecule has 0 heterocycles. The number of hydrogen-bond donors (Lipinski definition) is 1. The van der Waals surface area contributed by atoms with Crippen LogP contribution >= 0.6 is 0 Å². The molecule has 0 aromatic carbocycles. The summed E-state index contributed by atoms with van der Waals surface area (Å²) in [5.41, 5.74) is 0.660. The van der Waals surface area contributed by atoms with Crippen molar-refractivity contribution in [3.63, 3.8) is 0 Å². The van der Waals surface area contributed by atoms with E-state index >= 15 is 0 Å². The molecule has 0 aliphatic heterocycles. The van der Waals surface area contributed by atoms with Gasteiger partial charge in [0.05, 0.1) is 6.10 Å². The Labute approximate surface area is 50.4 Å². The predicted molar refractivity (Wildman–Crippen MR) is 34.5 cm³/mol. The number of rotatable bonds is 3. The Morgan fingerprint density at radius 1 is 1.75 bits per heavy atom. The van der Waals surface area contributed by atoms with Crippen molar-refractivity contribution >= 4 is 5.71 Å². The lowest BCUT2D eigenvalue weighted by Crippen LogP contribution is -2.16. The summed E-state index contributed by atoms with van der Waals surface area (Å²) in [6.45, 7) is 3.84. The molecule has 1 atom stereocenters. The van der Waals surface area contributed by atoms with E-state index in [0.717, 1.165) is 6.42 Å². The highest BCUT2D eigenvalue weighted by Gasteiger charge is 2.02. The summed E-state index contributed by atoms with van der Waals surface area (Å²) in [6.07, 6.45) is 0.787. The zero-order valence-corrected chi connectivity index (χ0v) is 5.69. The van der Waals surface area contributed by atoms with E-state index in [1.165, 1.54) is 0 Å². The fourth-order valence-electron chi connectivity index (χ4n) is 0.430. The topological polar surface area (TPSA) is 33.1 Å². The fraction of sp³-hybridized carbons (Fsp3) is 0.833. The van der Waals surface area contributed by atoms with Gasteiger partial charge in [-0.25, -0.2) is 0 Å². The monoisotopic (exact) mass is 115 g/mol. The van der Waals surface area contributed by atoms with Crippen LogP contribution in [0, 0.1) is 5.41 Å². The SMILES string of the molecule is CCC(=N)C(C)OC. The lowest BCUT2D eigenvalue weighted by atomic mass is 10.2. The van der Waals surface area contributed by atoms with E-state index in [4.69, 9.17) is 10.1 Å². The van der Waals surface area contributed by atoms with Gasteiger partial charge < -0.3 is 10.1 Å². The van der Waals surface area contributed by atoms with Gasteiger partial charge in [0.25, 0.3) is 0 Å². The zero-order valence-electron chi connectivity index (χ0n) is 5.69. The summed E-state index contributed by atoms with van der Waals surface area (Å²) < 4.78 is 4.88. The molecule has 48 valence electrons. The molecule has 1 unspecified atom stereocenters. The van der Waals surface area contributed by atoms with Gasteiger partial charge in [-0.15, -0.1) is 0 Å². The first-order valence-electron chi connectivity index (χ1n) is 2.82. The van der Waals surface area contributed by atoms with Crippen LogP contribution in [0.25, 0.3) is 0 Å². The summed E-state index contributed by atoms with van der Waals surface area (Å²) in [5.74, 6) is 0. The number of nitrogens with one attached hydrogen (secondary N) is 1. The summed E-state index contributed by atoms with van der Waals surface area (Å²) >= 11 is 0. The van der Waals surface area contributed by atoms with E-state index in [0.29, 0.717) is 5.71 Å². The van der Waals surface area contributed by atoms with E-state index in [9.17, 15) is 0 Å². The first-order valence-corrected chi connectivity index (χ1v) is 2.82. The second-order valence-corrected chi connectivity index (χ2v) is 1.76. The van der Waals surface area contributed by atoms with Crippen molar-refractivity contribution in [3.8, 4) is 0 Å². The molecule has 0 fully saturated rings. The number of ether oxygens (including phenoxy) is 1. The minimum Gasteiger partial charge on any atom is -0.376 e. The Balaban J connectivity index is 3.46. The molecule has 0 rings (SSSR count). The van der Waals surface area contributed by atoms with Crippen LogP contribution in [-0.2, 0) is 4.74 Å². The highest BCUT2D eigenvalue weighted by Crippen LogP contribution is 1.93. The van der Waals surface area contributed by atoms with E-state index in [1.807, 2.05) is 13.8 Å². The molecule has 0 aliphatic carbocycles. The molecule has 2 heteroatoms. The summed E-state index contributed by atoms with van der Waals surface area (Å²) in [5, 5.41) is 7.22. The molecule has 0 aromatic rings. The molecule has 8 heavy (non-hydrogen) atoms. The van der Waals surface area contributed by atoms with E-state index in [-0.39, 0.29) is 6.10 Å². The standard InChI is InChI=1S/C6H13NO/c1-4-6(7)5(2)8-3/h5,7H,4H2,1-3H3. The predicted octanol–water partition coefficient (Wildman–Crippen LogP) is 1.45. The second-order valence-electron chi connectivity index (χ2n) is 1.76. The number of methoxy groups -OCH3 is 1. The lowest BCUT2D eigenvalue weighted by Gasteiger charge is -2.07. The quantitative estimate of drug-likeness (QED) is 0.555. The Hall–Kier alpha value is -0.370. The molecule has 0 saturated carbocycles. The van der Waals surface area contributed by atoms with E-state index < -0.39 is 0 Å². The molecule has 0 bridgehead atoms. The summed E-state index contributed by atoms with van der Waals surface area (Å²) in [6, 6.07) is 0. The Bertz CT molecular complexity index is 80.6. The van der Waals surface area contributed by atoms with Gasteiger partial charge in [-0.1, -0.05) is 6.92 Å². The lowest BCUT2D eigenvalue weighted by molar-refractivity contribution is 0.168. The number of hydrogen-bond acceptors (Lipinski definition) is 2. The molecule has 2 nitrogen and oxygen atoms in total. The van der Waals surface area contributed by atoms with Crippen LogP contribution in [0.15, 0.2) is 0 Å². The maximum absolute atomic E-state index is 7.22. The van der Waals surface area contributed by atoms with Crippen LogP contribution in [0.3, 0.4) is 0 Å². The van der Waals surface area contributed by atoms with Crippen LogP contribution in [0.2, 0.25) is 0 Å². The second kappa shape index (κ2) is 3.61. The third-order valence-electron chi connectivity index (χ3n) is 1.23. The van der Waals surface area contributed by atoms with Gasteiger partial charge >= 0.3 is 0 Å². The highest BCUT2D eigenvalue weighted by atomic mass is 16.5. The molecule has 0 aromatic heterocycles. The van der Waals surface area contributed by atoms with Crippen LogP contribution in [0.1, 0.15) is 20.3 Å². The van der Waals surface area contributed by atoms with Crippen molar-refractivity contribution < 1.29 is 4.74 Å². The zero-order chi connectivity index (χ0) is 6.57. The average molecular weight is 115 g/mol. The minimum atomic E-state index is -0.000000000000000444. The Kier molecular flexibility index (Phi) is 3.44. The van der Waals surface area contributed by atoms with E-state index in [2.05, 4.69) is 0 Å². The molecule has 0 amide bonds. The first kappa shape index (κ1) is 7.63. The van der Waals surface area contributed by atoms with Gasteiger partial charge in [-0.05, 0) is 13.3 Å². The van der Waals surface area contributed by atoms with Crippen molar-refractivity contribution in [2.24, 2.45) is 0 Å². The molecule has 1 N–H and O–H groups in total. The highest BCUT2D eigenvalue weighted by molar-refractivity contribution is 5.85. The maximum Gasteiger partial charge on any atom is 0.0916 e. The van der Waals surface area contributed by atoms with Gasteiger partial charge in [0.2, 0.25) is 0 Å². The van der Waals surface area contributed by atoms with Gasteiger partial charge in [0, 0.05) is 12.8 Å². The van der Waals surface area contributed by atoms with Gasteiger partial charge in [0.1, 0.15) is 0 Å². The largest absolute Gasteiger partial charge is 0.376 e. The van der Waals surface area contributed by atoms with Crippen molar-refractivity contribution in [2.45, 2.75) is 26.4 Å². The summed E-state index contributed by atoms with van der Waals surface area (Å²) in [4.78, 5) is 0. The van der Waals surface area contributed by atoms with Crippen LogP contribution in [0.5, 0.6) is 0 Å². The van der Waals surface area contributed by atoms with Crippen molar-refractivity contribution in [1.82, 2.24) is 0 Å². The van der Waals surface area contributed by atoms with Crippen LogP contribution in [0.4, 0.5) is 0 Å². The summed E-state index contributed by atoms with van der Waals surface area (Å²) in [7, 11) is 1.62. The first-order chi connectivity index (χ1) is 3.72. The van der Waals surface area contributed by atoms with Crippen molar-refractivity contribution in [3.05, 3.63) is 0 Å². The molecular formula is C6H13NO. The fourth-order valence-corrected chi connectivity index (χ4v) is 0.430. The normalized spacial score (nSPS) is 13.4. The molecular weight excluding hydrogens is 102 g/mol. The Morgan fingerprint density at radius 3 is 2.38 bits per heavy atom. The minimum absolute atomic E-state index is 0.000000000000000444. The van der Waals surface area contributed by atoms with E-state index in [1.54, 1.807) is 7.11 Å². The van der Waals surface area contributed by atoms with Crippen molar-refractivity contribution in [2.75, 3.05) is 7.11 Å². The average Bonchev–Trinajstić information content (AvgIpc) is 1.84. The van der Waals surface area contributed by atoms with Crippen LogP contribution in [-0.4, -0.2) is 18.9 Å². The Morgan fingerprint density at radius 2 is 2.25 bits per heavy atom. The van der Waals surface area contributed by atoms with Gasteiger partial charge in [-0.2, -0.15) is 0 Å². The van der Waals surface area contributed by atoms with Gasteiger partial charge in [0.15, 0.2) is 0 Å². The molecule has 0 aliphatic rings. The smallest absolute Gasteiger partial charge is 0.0916 e. The van der Waals surface area contributed by atoms with Crippen LogP contribution < -0.4 is 0 Å². The molecule has 0 spiro atoms. The van der Waals surface area contributed by atoms with Crippen molar-refractivity contribution in [1.29, 1.82) is 5.41 Å². The third-order valence-corrected chi connectivity index (χ3v) is 1.23. The maximum atomic E-state index is 7.22. The molecule has 0 saturated heterocycles. The van der Waals surface area contributed by atoms with Gasteiger partial charge in [-0.3, -0.25) is 0 Å². The molecule has 0 radical (unpaired) electrons.